The number of benzene rings is 2. The van der Waals surface area contributed by atoms with E-state index in [0.717, 1.165) is 17.1 Å². The molecule has 124 valence electrons. The van der Waals surface area contributed by atoms with E-state index in [9.17, 15) is 4.79 Å². The first kappa shape index (κ1) is 17.6. The number of nitrogens with one attached hydrogen (secondary N) is 1. The number of ether oxygens (including phenoxy) is 1. The van der Waals surface area contributed by atoms with E-state index < -0.39 is 0 Å². The summed E-state index contributed by atoms with van der Waals surface area (Å²) in [5.74, 6) is 1.79. The zero-order valence-corrected chi connectivity index (χ0v) is 14.3. The summed E-state index contributed by atoms with van der Waals surface area (Å²) in [7, 11) is 0. The molecule has 0 heterocycles. The molecule has 4 heteroatoms. The first-order valence-electron chi connectivity index (χ1n) is 8.00. The molecule has 0 saturated carbocycles. The lowest BCUT2D eigenvalue weighted by atomic mass is 9.98. The van der Waals surface area contributed by atoms with Gasteiger partial charge in [-0.3, -0.25) is 4.79 Å². The van der Waals surface area contributed by atoms with Gasteiger partial charge in [0.1, 0.15) is 17.9 Å². The predicted molar refractivity (Wildman–Crippen MR) is 93.9 cm³/mol. The first-order chi connectivity index (χ1) is 11.5. The third-order valence-electron chi connectivity index (χ3n) is 3.75. The van der Waals surface area contributed by atoms with Gasteiger partial charge in [0.15, 0.2) is 0 Å². The Morgan fingerprint density at radius 2 is 1.83 bits per heavy atom. The lowest BCUT2D eigenvalue weighted by Crippen LogP contribution is -2.21. The summed E-state index contributed by atoms with van der Waals surface area (Å²) in [4.78, 5) is 11.3. The van der Waals surface area contributed by atoms with Crippen LogP contribution >= 0.6 is 0 Å². The minimum absolute atomic E-state index is 0.118. The second kappa shape index (κ2) is 8.16. The third-order valence-corrected chi connectivity index (χ3v) is 3.75. The second-order valence-electron chi connectivity index (χ2n) is 6.03. The van der Waals surface area contributed by atoms with Crippen LogP contribution in [0.25, 0.3) is 0 Å². The number of hydrogen-bond donors (Lipinski definition) is 1. The fraction of sp³-hybridized carbons (Fsp3) is 0.300. The average Bonchev–Trinajstić information content (AvgIpc) is 2.54. The van der Waals surface area contributed by atoms with Gasteiger partial charge in [-0.2, -0.15) is 5.26 Å². The van der Waals surface area contributed by atoms with Crippen molar-refractivity contribution in [1.29, 1.82) is 5.26 Å². The molecule has 4 nitrogen and oxygen atoms in total. The van der Waals surface area contributed by atoms with Crippen molar-refractivity contribution in [3.8, 4) is 17.6 Å². The van der Waals surface area contributed by atoms with E-state index in [2.05, 4.69) is 32.2 Å². The number of nitrogens with zero attached hydrogens (tertiary/aromatic N) is 1. The van der Waals surface area contributed by atoms with Gasteiger partial charge in [0.05, 0.1) is 6.07 Å². The van der Waals surface area contributed by atoms with Gasteiger partial charge in [0.2, 0.25) is 5.91 Å². The molecule has 2 aromatic carbocycles. The van der Waals surface area contributed by atoms with Crippen LogP contribution in [0.15, 0.2) is 42.5 Å². The second-order valence-corrected chi connectivity index (χ2v) is 6.03. The maximum Gasteiger partial charge on any atom is 0.234 e. The fourth-order valence-electron chi connectivity index (χ4n) is 2.51. The molecule has 0 aromatic heterocycles. The van der Waals surface area contributed by atoms with Crippen molar-refractivity contribution in [3.05, 3.63) is 59.2 Å². The number of carbonyl (C=O) groups excluding carboxylic acids is 1. The molecule has 0 atom stereocenters. The number of hydrogen-bond acceptors (Lipinski definition) is 3. The molecule has 24 heavy (non-hydrogen) atoms. The maximum atomic E-state index is 11.3. The third kappa shape index (κ3) is 4.85. The van der Waals surface area contributed by atoms with E-state index in [-0.39, 0.29) is 12.3 Å². The Bertz CT molecular complexity index is 743. The molecule has 0 radical (unpaired) electrons. The van der Waals surface area contributed by atoms with Crippen molar-refractivity contribution in [3.63, 3.8) is 0 Å². The summed E-state index contributed by atoms with van der Waals surface area (Å²) in [5.41, 5.74) is 3.50. The molecule has 0 aliphatic rings. The van der Waals surface area contributed by atoms with Gasteiger partial charge in [0.25, 0.3) is 0 Å². The normalized spacial score (nSPS) is 10.3. The van der Waals surface area contributed by atoms with Crippen molar-refractivity contribution >= 4 is 5.91 Å². The molecule has 1 N–H and O–H groups in total. The zero-order chi connectivity index (χ0) is 17.5. The number of amides is 1. The molecule has 0 spiro atoms. The van der Waals surface area contributed by atoms with Crippen molar-refractivity contribution in [2.75, 3.05) is 0 Å². The van der Waals surface area contributed by atoms with Crippen LogP contribution in [0.4, 0.5) is 0 Å². The molecule has 2 rings (SSSR count). The largest absolute Gasteiger partial charge is 0.457 e. The molecule has 2 aromatic rings. The van der Waals surface area contributed by atoms with Gasteiger partial charge in [-0.25, -0.2) is 0 Å². The summed E-state index contributed by atoms with van der Waals surface area (Å²) in [6.07, 6.45) is -0.118. The molecule has 0 aliphatic heterocycles. The van der Waals surface area contributed by atoms with Gasteiger partial charge >= 0.3 is 0 Å². The van der Waals surface area contributed by atoms with Gasteiger partial charge in [-0.15, -0.1) is 0 Å². The summed E-state index contributed by atoms with van der Waals surface area (Å²) in [6, 6.07) is 15.5. The van der Waals surface area contributed by atoms with E-state index in [1.54, 1.807) is 0 Å². The Balaban J connectivity index is 1.98. The molecule has 0 unspecified atom stereocenters. The van der Waals surface area contributed by atoms with Gasteiger partial charge in [0, 0.05) is 6.54 Å². The Hall–Kier alpha value is -2.80. The SMILES string of the molecule is Cc1cc(Oc2ccc(CNC(=O)CC#N)cc2)ccc1C(C)C. The van der Waals surface area contributed by atoms with Crippen LogP contribution in [0.3, 0.4) is 0 Å². The number of nitriles is 1. The average molecular weight is 322 g/mol. The van der Waals surface area contributed by atoms with Gasteiger partial charge < -0.3 is 10.1 Å². The summed E-state index contributed by atoms with van der Waals surface area (Å²) < 4.78 is 5.88. The molecule has 0 bridgehead atoms. The van der Waals surface area contributed by atoms with Crippen molar-refractivity contribution in [1.82, 2.24) is 5.32 Å². The highest BCUT2D eigenvalue weighted by molar-refractivity contribution is 5.77. The van der Waals surface area contributed by atoms with E-state index in [1.165, 1.54) is 11.1 Å². The summed E-state index contributed by atoms with van der Waals surface area (Å²) in [5, 5.41) is 11.1. The van der Waals surface area contributed by atoms with Crippen LogP contribution in [0.1, 0.15) is 42.9 Å². The Morgan fingerprint density at radius 1 is 1.17 bits per heavy atom. The van der Waals surface area contributed by atoms with Gasteiger partial charge in [-0.1, -0.05) is 32.0 Å². The monoisotopic (exact) mass is 322 g/mol. The standard InChI is InChI=1S/C20H22N2O2/c1-14(2)19-9-8-18(12-15(19)3)24-17-6-4-16(5-7-17)13-22-20(23)10-11-21/h4-9,12,14H,10,13H2,1-3H3,(H,22,23). The quantitative estimate of drug-likeness (QED) is 0.855. The minimum atomic E-state index is -0.265. The highest BCUT2D eigenvalue weighted by Gasteiger charge is 2.06. The van der Waals surface area contributed by atoms with Crippen LogP contribution in [-0.4, -0.2) is 5.91 Å². The first-order valence-corrected chi connectivity index (χ1v) is 8.00. The van der Waals surface area contributed by atoms with Crippen molar-refractivity contribution in [2.45, 2.75) is 39.7 Å². The van der Waals surface area contributed by atoms with Crippen molar-refractivity contribution < 1.29 is 9.53 Å². The van der Waals surface area contributed by atoms with E-state index in [0.29, 0.717) is 12.5 Å². The Morgan fingerprint density at radius 3 is 2.42 bits per heavy atom. The molecular formula is C20H22N2O2. The van der Waals surface area contributed by atoms with Gasteiger partial charge in [-0.05, 0) is 53.8 Å². The maximum absolute atomic E-state index is 11.3. The number of aryl methyl sites for hydroxylation is 1. The highest BCUT2D eigenvalue weighted by atomic mass is 16.5. The van der Waals surface area contributed by atoms with E-state index in [1.807, 2.05) is 42.5 Å². The van der Waals surface area contributed by atoms with Crippen LogP contribution in [0, 0.1) is 18.3 Å². The predicted octanol–water partition coefficient (Wildman–Crippen LogP) is 4.44. The summed E-state index contributed by atoms with van der Waals surface area (Å²) in [6.45, 7) is 6.85. The van der Waals surface area contributed by atoms with Crippen molar-refractivity contribution in [2.24, 2.45) is 0 Å². The lowest BCUT2D eigenvalue weighted by Gasteiger charge is -2.12. The molecule has 0 aliphatic carbocycles. The fourth-order valence-corrected chi connectivity index (χ4v) is 2.51. The van der Waals surface area contributed by atoms with Crippen LogP contribution < -0.4 is 10.1 Å². The zero-order valence-electron chi connectivity index (χ0n) is 14.3. The molecule has 0 fully saturated rings. The van der Waals surface area contributed by atoms with Crippen LogP contribution in [-0.2, 0) is 11.3 Å². The Kier molecular flexibility index (Phi) is 5.97. The van der Waals surface area contributed by atoms with Crippen LogP contribution in [0.2, 0.25) is 0 Å². The van der Waals surface area contributed by atoms with E-state index >= 15 is 0 Å². The lowest BCUT2D eigenvalue weighted by molar-refractivity contribution is -0.120. The molecule has 0 saturated heterocycles. The number of rotatable bonds is 6. The minimum Gasteiger partial charge on any atom is -0.457 e. The summed E-state index contributed by atoms with van der Waals surface area (Å²) >= 11 is 0. The topological polar surface area (TPSA) is 62.1 Å². The highest BCUT2D eigenvalue weighted by Crippen LogP contribution is 2.27. The number of carbonyl (C=O) groups is 1. The smallest absolute Gasteiger partial charge is 0.234 e. The molecule has 1 amide bonds. The van der Waals surface area contributed by atoms with Crippen LogP contribution in [0.5, 0.6) is 11.5 Å². The van der Waals surface area contributed by atoms with E-state index in [4.69, 9.17) is 10.00 Å². The Labute approximate surface area is 143 Å². The molecular weight excluding hydrogens is 300 g/mol.